The summed E-state index contributed by atoms with van der Waals surface area (Å²) in [5.74, 6) is 0. The van der Waals surface area contributed by atoms with Gasteiger partial charge in [-0.2, -0.15) is 0 Å². The number of allylic oxidation sites excluding steroid dienone is 2. The Morgan fingerprint density at radius 2 is 2.43 bits per heavy atom. The molecule has 0 aromatic heterocycles. The molecule has 0 radical (unpaired) electrons. The second-order valence-electron chi connectivity index (χ2n) is 0.973. The van der Waals surface area contributed by atoms with Crippen molar-refractivity contribution in [2.24, 2.45) is 4.74 Å². The molecule has 0 saturated heterocycles. The van der Waals surface area contributed by atoms with Gasteiger partial charge in [-0.3, -0.25) is 0 Å². The Kier molecular flexibility index (Phi) is 1.64. The lowest BCUT2D eigenvalue weighted by Gasteiger charge is -1.75. The van der Waals surface area contributed by atoms with E-state index in [9.17, 15) is 0 Å². The molecule has 0 bridgehead atoms. The minimum Gasteiger partial charge on any atom is -0.431 e. The maximum Gasteiger partial charge on any atom is 0.246 e. The lowest BCUT2D eigenvalue weighted by atomic mass is 10.6. The molecule has 1 heterocycles. The highest BCUT2D eigenvalue weighted by Gasteiger charge is 1.72. The number of rotatable bonds is 0. The fourth-order valence-electron chi connectivity index (χ4n) is 0.250. The van der Waals surface area contributed by atoms with Crippen molar-refractivity contribution in [1.29, 1.82) is 0 Å². The molecule has 0 aliphatic carbocycles. The third kappa shape index (κ3) is 1.51. The first-order valence-corrected chi connectivity index (χ1v) is 2.64. The van der Waals surface area contributed by atoms with E-state index in [0.29, 0.717) is 8.60 Å². The monoisotopic (exact) mass is 113 g/mol. The Hall–Kier alpha value is -0.620. The molecule has 0 unspecified atom stereocenters. The molecule has 0 N–H and O–H groups in total. The van der Waals surface area contributed by atoms with E-state index in [0.717, 1.165) is 0 Å². The minimum atomic E-state index is 0.657. The van der Waals surface area contributed by atoms with Gasteiger partial charge >= 0.3 is 0 Å². The number of hydrogen-bond donors (Lipinski definition) is 0. The maximum atomic E-state index is 4.76. The molecule has 0 aromatic rings. The largest absolute Gasteiger partial charge is 0.431 e. The molecule has 36 valence electrons. The minimum absolute atomic E-state index is 0.657. The first-order chi connectivity index (χ1) is 3.50. The van der Waals surface area contributed by atoms with Gasteiger partial charge in [0, 0.05) is 6.20 Å². The molecule has 0 saturated carbocycles. The Labute approximate surface area is 43.5 Å². The summed E-state index contributed by atoms with van der Waals surface area (Å²) in [6.45, 7) is 0. The number of nitrogens with zero attached hydrogens (tertiary/aromatic N) is 1. The van der Waals surface area contributed by atoms with Crippen LogP contribution >= 0.6 is 8.60 Å². The summed E-state index contributed by atoms with van der Waals surface area (Å²) in [5.41, 5.74) is 0. The topological polar surface area (TPSA) is 21.6 Å². The third-order valence-electron chi connectivity index (χ3n) is 0.498. The highest BCUT2D eigenvalue weighted by Crippen LogP contribution is 2.05. The van der Waals surface area contributed by atoms with Gasteiger partial charge in [0.2, 0.25) is 8.60 Å². The van der Waals surface area contributed by atoms with Crippen LogP contribution in [0.15, 0.2) is 29.4 Å². The van der Waals surface area contributed by atoms with E-state index < -0.39 is 0 Å². The van der Waals surface area contributed by atoms with Crippen molar-refractivity contribution in [2.75, 3.05) is 0 Å². The van der Waals surface area contributed by atoms with Crippen molar-refractivity contribution in [1.82, 2.24) is 0 Å². The molecule has 1 aliphatic rings. The SMILES string of the molecule is C1=CN=POC=C1. The summed E-state index contributed by atoms with van der Waals surface area (Å²) in [5, 5.41) is 0. The first-order valence-electron chi connectivity index (χ1n) is 1.88. The zero-order valence-corrected chi connectivity index (χ0v) is 4.51. The Bertz CT molecular complexity index is 114. The van der Waals surface area contributed by atoms with Crippen LogP contribution in [0.1, 0.15) is 0 Å². The highest BCUT2D eigenvalue weighted by molar-refractivity contribution is 7.20. The lowest BCUT2D eigenvalue weighted by Crippen LogP contribution is -1.46. The second-order valence-corrected chi connectivity index (χ2v) is 1.58. The van der Waals surface area contributed by atoms with Crippen molar-refractivity contribution in [3.05, 3.63) is 24.6 Å². The van der Waals surface area contributed by atoms with Gasteiger partial charge in [0.05, 0.1) is 6.26 Å². The molecule has 7 heavy (non-hydrogen) atoms. The summed E-state index contributed by atoms with van der Waals surface area (Å²) >= 11 is 0. The van der Waals surface area contributed by atoms with E-state index in [2.05, 4.69) is 4.74 Å². The summed E-state index contributed by atoms with van der Waals surface area (Å²) in [7, 11) is 0.657. The zero-order valence-electron chi connectivity index (χ0n) is 3.61. The maximum absolute atomic E-state index is 4.76. The van der Waals surface area contributed by atoms with E-state index in [1.165, 1.54) is 0 Å². The quantitative estimate of drug-likeness (QED) is 0.441. The molecule has 1 rings (SSSR count). The summed E-state index contributed by atoms with van der Waals surface area (Å²) in [6, 6.07) is 0. The van der Waals surface area contributed by atoms with Crippen LogP contribution in [0.3, 0.4) is 0 Å². The van der Waals surface area contributed by atoms with Gasteiger partial charge < -0.3 is 4.52 Å². The molecule has 0 spiro atoms. The molecule has 3 heteroatoms. The molecule has 2 nitrogen and oxygen atoms in total. The predicted octanol–water partition coefficient (Wildman–Crippen LogP) is 2.09. The van der Waals surface area contributed by atoms with Crippen molar-refractivity contribution >= 4 is 8.60 Å². The molecule has 0 fully saturated rings. The van der Waals surface area contributed by atoms with Gasteiger partial charge in [-0.1, -0.05) is 0 Å². The van der Waals surface area contributed by atoms with Crippen LogP contribution < -0.4 is 0 Å². The van der Waals surface area contributed by atoms with Crippen molar-refractivity contribution in [3.8, 4) is 0 Å². The van der Waals surface area contributed by atoms with Gasteiger partial charge in [0.1, 0.15) is 0 Å². The van der Waals surface area contributed by atoms with E-state index in [4.69, 9.17) is 4.52 Å². The van der Waals surface area contributed by atoms with Gasteiger partial charge in [-0.15, -0.1) is 0 Å². The van der Waals surface area contributed by atoms with Crippen LogP contribution in [-0.2, 0) is 4.52 Å². The number of hydrogen-bond acceptors (Lipinski definition) is 2. The van der Waals surface area contributed by atoms with E-state index in [1.807, 2.05) is 6.08 Å². The summed E-state index contributed by atoms with van der Waals surface area (Å²) in [6.07, 6.45) is 6.92. The van der Waals surface area contributed by atoms with Crippen LogP contribution in [0.25, 0.3) is 0 Å². The first kappa shape index (κ1) is 4.54. The Balaban J connectivity index is 2.60. The average molecular weight is 113 g/mol. The lowest BCUT2D eigenvalue weighted by molar-refractivity contribution is 0.559. The highest BCUT2D eigenvalue weighted by atomic mass is 31.1. The summed E-state index contributed by atoms with van der Waals surface area (Å²) < 4.78 is 8.53. The van der Waals surface area contributed by atoms with Gasteiger partial charge in [0.25, 0.3) is 0 Å². The summed E-state index contributed by atoms with van der Waals surface area (Å²) in [4.78, 5) is 0. The average Bonchev–Trinajstić information content (AvgIpc) is 1.90. The van der Waals surface area contributed by atoms with Crippen LogP contribution in [0, 0.1) is 0 Å². The van der Waals surface area contributed by atoms with Crippen LogP contribution in [0.4, 0.5) is 0 Å². The molecular weight excluding hydrogens is 109 g/mol. The normalized spacial score (nSPS) is 18.3. The standard InChI is InChI=1S/C4H4NOP/c1-2-4-6-7-5-3-1/h1-4H. The van der Waals surface area contributed by atoms with Crippen molar-refractivity contribution in [2.45, 2.75) is 0 Å². The fourth-order valence-corrected chi connectivity index (χ4v) is 0.561. The molecule has 0 atom stereocenters. The van der Waals surface area contributed by atoms with Crippen LogP contribution in [0.5, 0.6) is 0 Å². The fraction of sp³-hybridized carbons (Fsp3) is 0. The molecule has 1 aliphatic heterocycles. The molecule has 0 aromatic carbocycles. The van der Waals surface area contributed by atoms with Crippen LogP contribution in [0.2, 0.25) is 0 Å². The Morgan fingerprint density at radius 3 is 3.43 bits per heavy atom. The van der Waals surface area contributed by atoms with E-state index in [-0.39, 0.29) is 0 Å². The van der Waals surface area contributed by atoms with Crippen molar-refractivity contribution in [3.63, 3.8) is 0 Å². The predicted molar refractivity (Wildman–Crippen MR) is 28.7 cm³/mol. The second kappa shape index (κ2) is 2.54. The molecule has 0 amide bonds. The molecular formula is C4H4NOP. The van der Waals surface area contributed by atoms with E-state index >= 15 is 0 Å². The third-order valence-corrected chi connectivity index (χ3v) is 0.941. The van der Waals surface area contributed by atoms with Gasteiger partial charge in [0.15, 0.2) is 0 Å². The smallest absolute Gasteiger partial charge is 0.246 e. The van der Waals surface area contributed by atoms with Crippen LogP contribution in [-0.4, -0.2) is 0 Å². The Morgan fingerprint density at radius 1 is 1.43 bits per heavy atom. The van der Waals surface area contributed by atoms with E-state index in [1.54, 1.807) is 18.5 Å². The van der Waals surface area contributed by atoms with Gasteiger partial charge in [-0.25, -0.2) is 4.74 Å². The van der Waals surface area contributed by atoms with Crippen molar-refractivity contribution < 1.29 is 4.52 Å². The zero-order chi connectivity index (χ0) is 4.95. The van der Waals surface area contributed by atoms with Gasteiger partial charge in [-0.05, 0) is 12.2 Å².